The van der Waals surface area contributed by atoms with Crippen LogP contribution in [0, 0.1) is 19.7 Å². The van der Waals surface area contributed by atoms with Gasteiger partial charge >= 0.3 is 0 Å². The smallest absolute Gasteiger partial charge is 0.255 e. The highest BCUT2D eigenvalue weighted by Gasteiger charge is 2.31. The van der Waals surface area contributed by atoms with Crippen molar-refractivity contribution in [3.8, 4) is 0 Å². The minimum absolute atomic E-state index is 0.0805. The molecule has 0 unspecified atom stereocenters. The van der Waals surface area contributed by atoms with E-state index in [0.29, 0.717) is 24.7 Å². The van der Waals surface area contributed by atoms with Crippen LogP contribution in [0.15, 0.2) is 65.6 Å². The van der Waals surface area contributed by atoms with Gasteiger partial charge in [0.25, 0.3) is 5.91 Å². The highest BCUT2D eigenvalue weighted by atomic mass is 32.2. The summed E-state index contributed by atoms with van der Waals surface area (Å²) < 4.78 is 42.7. The average molecular weight is 510 g/mol. The van der Waals surface area contributed by atoms with Gasteiger partial charge in [0.1, 0.15) is 10.7 Å². The van der Waals surface area contributed by atoms with Crippen LogP contribution in [-0.2, 0) is 10.0 Å². The molecule has 3 aromatic carbocycles. The van der Waals surface area contributed by atoms with Gasteiger partial charge in [0.2, 0.25) is 10.0 Å². The van der Waals surface area contributed by atoms with Crippen molar-refractivity contribution >= 4 is 27.3 Å². The van der Waals surface area contributed by atoms with E-state index in [0.717, 1.165) is 34.5 Å². The van der Waals surface area contributed by atoms with E-state index in [9.17, 15) is 17.6 Å². The summed E-state index contributed by atoms with van der Waals surface area (Å²) in [5.74, 6) is -1.00. The number of benzene rings is 3. The normalized spacial score (nSPS) is 14.8. The quantitative estimate of drug-likeness (QED) is 0.488. The lowest BCUT2D eigenvalue weighted by molar-refractivity contribution is 0.102. The molecule has 36 heavy (non-hydrogen) atoms. The van der Waals surface area contributed by atoms with E-state index in [4.69, 9.17) is 0 Å². The lowest BCUT2D eigenvalue weighted by atomic mass is 10.0. The molecule has 0 spiro atoms. The molecule has 1 saturated heterocycles. The second-order valence-electron chi connectivity index (χ2n) is 9.56. The Labute approximate surface area is 212 Å². The summed E-state index contributed by atoms with van der Waals surface area (Å²) in [5.41, 5.74) is 5.15. The van der Waals surface area contributed by atoms with E-state index in [1.54, 1.807) is 12.1 Å². The van der Waals surface area contributed by atoms with Crippen molar-refractivity contribution in [2.75, 3.05) is 36.4 Å². The van der Waals surface area contributed by atoms with Crippen molar-refractivity contribution in [1.82, 2.24) is 4.31 Å². The molecule has 8 heteroatoms. The number of carbonyl (C=O) groups excluding carboxylic acids is 1. The molecular formula is C28H32FN3O3S. The Balaban J connectivity index is 1.49. The van der Waals surface area contributed by atoms with Crippen LogP contribution >= 0.6 is 0 Å². The molecule has 0 saturated carbocycles. The summed E-state index contributed by atoms with van der Waals surface area (Å²) in [6.45, 7) is 9.67. The minimum Gasteiger partial charge on any atom is -0.369 e. The number of aryl methyl sites for hydroxylation is 2. The van der Waals surface area contributed by atoms with Crippen LogP contribution in [0.3, 0.4) is 0 Å². The average Bonchev–Trinajstić information content (AvgIpc) is 2.86. The fourth-order valence-electron chi connectivity index (χ4n) is 4.37. The van der Waals surface area contributed by atoms with Crippen molar-refractivity contribution in [3.05, 3.63) is 88.7 Å². The number of halogens is 1. The fraction of sp³-hybridized carbons (Fsp3) is 0.321. The van der Waals surface area contributed by atoms with Crippen molar-refractivity contribution in [2.45, 2.75) is 38.5 Å². The van der Waals surface area contributed by atoms with E-state index >= 15 is 0 Å². The third-order valence-electron chi connectivity index (χ3n) is 6.59. The van der Waals surface area contributed by atoms with Crippen LogP contribution in [0.2, 0.25) is 0 Å². The third kappa shape index (κ3) is 5.44. The molecule has 0 atom stereocenters. The summed E-state index contributed by atoms with van der Waals surface area (Å²) in [6.07, 6.45) is 0. The van der Waals surface area contributed by atoms with Crippen molar-refractivity contribution < 1.29 is 17.6 Å². The summed E-state index contributed by atoms with van der Waals surface area (Å²) in [7, 11) is -4.11. The zero-order valence-electron chi connectivity index (χ0n) is 21.1. The zero-order valence-corrected chi connectivity index (χ0v) is 21.9. The second kappa shape index (κ2) is 10.4. The van der Waals surface area contributed by atoms with E-state index in [-0.39, 0.29) is 18.7 Å². The number of hydrogen-bond acceptors (Lipinski definition) is 4. The molecule has 4 rings (SSSR count). The van der Waals surface area contributed by atoms with E-state index in [2.05, 4.69) is 36.2 Å². The fourth-order valence-corrected chi connectivity index (χ4v) is 5.88. The maximum Gasteiger partial charge on any atom is 0.255 e. The van der Waals surface area contributed by atoms with Crippen molar-refractivity contribution in [2.24, 2.45) is 0 Å². The minimum atomic E-state index is -4.11. The summed E-state index contributed by atoms with van der Waals surface area (Å²) in [6, 6.07) is 17.1. The van der Waals surface area contributed by atoms with Crippen LogP contribution in [0.5, 0.6) is 0 Å². The van der Waals surface area contributed by atoms with Gasteiger partial charge in [-0.2, -0.15) is 4.31 Å². The molecule has 1 heterocycles. The number of piperazine rings is 1. The van der Waals surface area contributed by atoms with E-state index in [1.807, 2.05) is 32.0 Å². The first kappa shape index (κ1) is 25.9. The molecule has 190 valence electrons. The highest BCUT2D eigenvalue weighted by Crippen LogP contribution is 2.27. The molecule has 3 aromatic rings. The highest BCUT2D eigenvalue weighted by molar-refractivity contribution is 7.89. The molecule has 1 amide bonds. The molecule has 0 aromatic heterocycles. The van der Waals surface area contributed by atoms with Crippen LogP contribution in [0.4, 0.5) is 15.8 Å². The lowest BCUT2D eigenvalue weighted by Gasteiger charge is -2.36. The van der Waals surface area contributed by atoms with Crippen molar-refractivity contribution in [1.29, 1.82) is 0 Å². The van der Waals surface area contributed by atoms with Crippen molar-refractivity contribution in [3.63, 3.8) is 0 Å². The molecule has 1 aliphatic rings. The maximum absolute atomic E-state index is 14.7. The number of carbonyl (C=O) groups is 1. The molecule has 6 nitrogen and oxygen atoms in total. The maximum atomic E-state index is 14.7. The van der Waals surface area contributed by atoms with Gasteiger partial charge in [-0.25, -0.2) is 12.8 Å². The Morgan fingerprint density at radius 1 is 0.917 bits per heavy atom. The van der Waals surface area contributed by atoms with Gasteiger partial charge < -0.3 is 10.2 Å². The first-order valence-corrected chi connectivity index (χ1v) is 13.5. The van der Waals surface area contributed by atoms with Crippen LogP contribution in [0.25, 0.3) is 0 Å². The first-order chi connectivity index (χ1) is 17.1. The van der Waals surface area contributed by atoms with Gasteiger partial charge in [-0.3, -0.25) is 4.79 Å². The van der Waals surface area contributed by atoms with Gasteiger partial charge in [-0.05, 0) is 72.9 Å². The topological polar surface area (TPSA) is 69.7 Å². The Hall–Kier alpha value is -3.23. The predicted molar refractivity (Wildman–Crippen MR) is 142 cm³/mol. The molecule has 1 N–H and O–H groups in total. The standard InChI is InChI=1S/C28H32FN3O3S/c1-19(2)22-7-10-24(11-8-22)30-28(33)23-9-12-25(29)27(18-23)36(34,35)32-15-13-31(14-16-32)26-17-20(3)5-6-21(26)4/h5-12,17-19H,13-16H2,1-4H3,(H,30,33). The monoisotopic (exact) mass is 509 g/mol. The molecule has 0 aliphatic carbocycles. The lowest BCUT2D eigenvalue weighted by Crippen LogP contribution is -2.49. The summed E-state index contributed by atoms with van der Waals surface area (Å²) in [5, 5.41) is 2.76. The molecule has 1 fully saturated rings. The summed E-state index contributed by atoms with van der Waals surface area (Å²) in [4.78, 5) is 14.5. The van der Waals surface area contributed by atoms with E-state index in [1.165, 1.54) is 10.4 Å². The van der Waals surface area contributed by atoms with Gasteiger partial charge in [0.05, 0.1) is 0 Å². The Morgan fingerprint density at radius 3 is 2.22 bits per heavy atom. The van der Waals surface area contributed by atoms with Gasteiger partial charge in [0, 0.05) is 43.1 Å². The van der Waals surface area contributed by atoms with Crippen LogP contribution in [0.1, 0.15) is 46.8 Å². The third-order valence-corrected chi connectivity index (χ3v) is 8.50. The zero-order chi connectivity index (χ0) is 26.0. The largest absolute Gasteiger partial charge is 0.369 e. The number of nitrogens with one attached hydrogen (secondary N) is 1. The molecular weight excluding hydrogens is 477 g/mol. The number of hydrogen-bond donors (Lipinski definition) is 1. The number of amides is 1. The van der Waals surface area contributed by atoms with E-state index < -0.39 is 26.6 Å². The molecule has 0 bridgehead atoms. The number of nitrogens with zero attached hydrogens (tertiary/aromatic N) is 2. The first-order valence-electron chi connectivity index (χ1n) is 12.1. The Morgan fingerprint density at radius 2 is 1.58 bits per heavy atom. The molecule has 1 aliphatic heterocycles. The second-order valence-corrected chi connectivity index (χ2v) is 11.5. The predicted octanol–water partition coefficient (Wildman–Crippen LogP) is 5.33. The van der Waals surface area contributed by atoms with Gasteiger partial charge in [-0.15, -0.1) is 0 Å². The van der Waals surface area contributed by atoms with Gasteiger partial charge in [-0.1, -0.05) is 38.1 Å². The number of rotatable bonds is 6. The Bertz CT molecular complexity index is 1360. The molecule has 0 radical (unpaired) electrons. The van der Waals surface area contributed by atoms with Crippen LogP contribution < -0.4 is 10.2 Å². The SMILES string of the molecule is Cc1ccc(C)c(N2CCN(S(=O)(=O)c3cc(C(=O)Nc4ccc(C(C)C)cc4)ccc3F)CC2)c1. The van der Waals surface area contributed by atoms with Crippen LogP contribution in [-0.4, -0.2) is 44.8 Å². The number of anilines is 2. The van der Waals surface area contributed by atoms with Gasteiger partial charge in [0.15, 0.2) is 0 Å². The summed E-state index contributed by atoms with van der Waals surface area (Å²) >= 11 is 0. The number of sulfonamides is 1. The Kier molecular flexibility index (Phi) is 7.47.